The van der Waals surface area contributed by atoms with Gasteiger partial charge in [0.05, 0.1) is 25.0 Å². The summed E-state index contributed by atoms with van der Waals surface area (Å²) in [6, 6.07) is 16.1. The first kappa shape index (κ1) is 18.9. The quantitative estimate of drug-likeness (QED) is 0.466. The lowest BCUT2D eigenvalue weighted by atomic mass is 10.1. The largest absolute Gasteiger partial charge is 0.497 e. The summed E-state index contributed by atoms with van der Waals surface area (Å²) in [6.07, 6.45) is 5.67. The third-order valence-corrected chi connectivity index (χ3v) is 4.62. The maximum Gasteiger partial charge on any atom is 0.123 e. The Kier molecular flexibility index (Phi) is 5.67. The zero-order valence-electron chi connectivity index (χ0n) is 16.1. The molecule has 29 heavy (non-hydrogen) atoms. The van der Waals surface area contributed by atoms with Crippen molar-refractivity contribution in [1.82, 2.24) is 24.9 Å². The fraction of sp³-hybridized carbons (Fsp3) is 0.182. The van der Waals surface area contributed by atoms with Crippen LogP contribution >= 0.6 is 0 Å². The topological polar surface area (TPSA) is 56.9 Å². The standard InChI is InChI=1S/C22H22FN5O/c1-29-21-8-6-20(7-9-21)28-16-18(15-24-11-13-27-12-3-10-25-27)22(26-28)17-4-2-5-19(23)14-17/h2-10,12,14,16,24H,11,13,15H2,1H3. The summed E-state index contributed by atoms with van der Waals surface area (Å²) in [5.74, 6) is 0.505. The number of hydrogen-bond donors (Lipinski definition) is 1. The Morgan fingerprint density at radius 1 is 1.10 bits per heavy atom. The van der Waals surface area contributed by atoms with E-state index in [0.29, 0.717) is 6.54 Å². The van der Waals surface area contributed by atoms with Crippen molar-refractivity contribution in [3.63, 3.8) is 0 Å². The number of halogens is 1. The van der Waals surface area contributed by atoms with E-state index in [1.165, 1.54) is 12.1 Å². The Morgan fingerprint density at radius 2 is 1.97 bits per heavy atom. The van der Waals surface area contributed by atoms with Crippen molar-refractivity contribution >= 4 is 0 Å². The van der Waals surface area contributed by atoms with E-state index in [2.05, 4.69) is 10.4 Å². The maximum absolute atomic E-state index is 13.8. The molecule has 1 N–H and O–H groups in total. The van der Waals surface area contributed by atoms with Crippen LogP contribution in [0.3, 0.4) is 0 Å². The number of aromatic nitrogens is 4. The van der Waals surface area contributed by atoms with Crippen LogP contribution in [0.25, 0.3) is 16.9 Å². The summed E-state index contributed by atoms with van der Waals surface area (Å²) in [4.78, 5) is 0. The molecule has 0 amide bonds. The average molecular weight is 391 g/mol. The Bertz CT molecular complexity index is 1060. The van der Waals surface area contributed by atoms with Crippen LogP contribution in [0.2, 0.25) is 0 Å². The van der Waals surface area contributed by atoms with Gasteiger partial charge >= 0.3 is 0 Å². The molecule has 0 fully saturated rings. The molecule has 0 unspecified atom stereocenters. The lowest BCUT2D eigenvalue weighted by Gasteiger charge is -2.06. The van der Waals surface area contributed by atoms with Crippen LogP contribution in [-0.4, -0.2) is 33.2 Å². The Hall–Kier alpha value is -3.45. The minimum atomic E-state index is -0.279. The van der Waals surface area contributed by atoms with Gasteiger partial charge < -0.3 is 10.1 Å². The fourth-order valence-electron chi connectivity index (χ4n) is 3.13. The van der Waals surface area contributed by atoms with Gasteiger partial charge in [0.2, 0.25) is 0 Å². The highest BCUT2D eigenvalue weighted by atomic mass is 19.1. The smallest absolute Gasteiger partial charge is 0.123 e. The molecule has 4 aromatic rings. The van der Waals surface area contributed by atoms with Gasteiger partial charge in [-0.2, -0.15) is 10.2 Å². The first-order chi connectivity index (χ1) is 14.2. The molecule has 148 valence electrons. The van der Waals surface area contributed by atoms with E-state index in [1.54, 1.807) is 19.4 Å². The molecule has 0 bridgehead atoms. The summed E-state index contributed by atoms with van der Waals surface area (Å²) < 4.78 is 22.7. The predicted molar refractivity (Wildman–Crippen MR) is 109 cm³/mol. The lowest BCUT2D eigenvalue weighted by Crippen LogP contribution is -2.19. The molecule has 2 aromatic heterocycles. The van der Waals surface area contributed by atoms with Gasteiger partial charge in [-0.25, -0.2) is 9.07 Å². The van der Waals surface area contributed by atoms with E-state index in [0.717, 1.165) is 41.3 Å². The third-order valence-electron chi connectivity index (χ3n) is 4.62. The van der Waals surface area contributed by atoms with Crippen molar-refractivity contribution in [2.75, 3.05) is 13.7 Å². The van der Waals surface area contributed by atoms with Gasteiger partial charge in [-0.05, 0) is 42.5 Å². The molecule has 0 atom stereocenters. The van der Waals surface area contributed by atoms with E-state index >= 15 is 0 Å². The minimum Gasteiger partial charge on any atom is -0.497 e. The molecule has 0 saturated carbocycles. The fourth-order valence-corrected chi connectivity index (χ4v) is 3.13. The van der Waals surface area contributed by atoms with Crippen LogP contribution in [0.5, 0.6) is 5.75 Å². The number of nitrogens with zero attached hydrogens (tertiary/aromatic N) is 4. The molecule has 0 saturated heterocycles. The third kappa shape index (κ3) is 4.52. The second kappa shape index (κ2) is 8.70. The SMILES string of the molecule is COc1ccc(-n2cc(CNCCn3cccn3)c(-c3cccc(F)c3)n2)cc1. The molecule has 7 heteroatoms. The van der Waals surface area contributed by atoms with Gasteiger partial charge in [-0.1, -0.05) is 12.1 Å². The summed E-state index contributed by atoms with van der Waals surface area (Å²) in [7, 11) is 1.64. The monoisotopic (exact) mass is 391 g/mol. The number of rotatable bonds is 8. The van der Waals surface area contributed by atoms with Crippen LogP contribution in [0, 0.1) is 5.82 Å². The van der Waals surface area contributed by atoms with Gasteiger partial charge in [-0.15, -0.1) is 0 Å². The highest BCUT2D eigenvalue weighted by Gasteiger charge is 2.13. The first-order valence-electron chi connectivity index (χ1n) is 9.40. The van der Waals surface area contributed by atoms with Gasteiger partial charge in [-0.3, -0.25) is 4.68 Å². The van der Waals surface area contributed by atoms with Gasteiger partial charge in [0.1, 0.15) is 11.6 Å². The molecular formula is C22H22FN5O. The van der Waals surface area contributed by atoms with Gasteiger partial charge in [0.25, 0.3) is 0 Å². The zero-order chi connectivity index (χ0) is 20.1. The van der Waals surface area contributed by atoms with Crippen molar-refractivity contribution in [3.05, 3.63) is 84.6 Å². The van der Waals surface area contributed by atoms with Crippen molar-refractivity contribution < 1.29 is 9.13 Å². The highest BCUT2D eigenvalue weighted by Crippen LogP contribution is 2.25. The van der Waals surface area contributed by atoms with E-state index < -0.39 is 0 Å². The van der Waals surface area contributed by atoms with Crippen molar-refractivity contribution in [3.8, 4) is 22.7 Å². The molecule has 0 spiro atoms. The van der Waals surface area contributed by atoms with Gasteiger partial charge in [0, 0.05) is 42.8 Å². The molecule has 0 aliphatic rings. The first-order valence-corrected chi connectivity index (χ1v) is 9.40. The molecule has 0 aliphatic heterocycles. The zero-order valence-corrected chi connectivity index (χ0v) is 16.1. The predicted octanol–water partition coefficient (Wildman–Crippen LogP) is 3.67. The molecule has 0 aliphatic carbocycles. The second-order valence-electron chi connectivity index (χ2n) is 6.60. The molecule has 2 heterocycles. The minimum absolute atomic E-state index is 0.279. The van der Waals surface area contributed by atoms with Crippen LogP contribution < -0.4 is 10.1 Å². The molecule has 6 nitrogen and oxygen atoms in total. The van der Waals surface area contributed by atoms with Crippen LogP contribution in [-0.2, 0) is 13.1 Å². The number of nitrogens with one attached hydrogen (secondary N) is 1. The Morgan fingerprint density at radius 3 is 2.69 bits per heavy atom. The summed E-state index contributed by atoms with van der Waals surface area (Å²) >= 11 is 0. The second-order valence-corrected chi connectivity index (χ2v) is 6.60. The summed E-state index contributed by atoms with van der Waals surface area (Å²) in [5.41, 5.74) is 3.41. The van der Waals surface area contributed by atoms with Crippen molar-refractivity contribution in [2.24, 2.45) is 0 Å². The van der Waals surface area contributed by atoms with Gasteiger partial charge in [0.15, 0.2) is 0 Å². The molecule has 0 radical (unpaired) electrons. The summed E-state index contributed by atoms with van der Waals surface area (Å²) in [5, 5.41) is 12.3. The van der Waals surface area contributed by atoms with Crippen LogP contribution in [0.15, 0.2) is 73.2 Å². The maximum atomic E-state index is 13.8. The lowest BCUT2D eigenvalue weighted by molar-refractivity contribution is 0.414. The number of ether oxygens (including phenoxy) is 1. The van der Waals surface area contributed by atoms with E-state index in [-0.39, 0.29) is 5.82 Å². The van der Waals surface area contributed by atoms with Crippen LogP contribution in [0.1, 0.15) is 5.56 Å². The van der Waals surface area contributed by atoms with Crippen molar-refractivity contribution in [2.45, 2.75) is 13.1 Å². The molecular weight excluding hydrogens is 369 g/mol. The highest BCUT2D eigenvalue weighted by molar-refractivity contribution is 5.63. The van der Waals surface area contributed by atoms with E-state index in [9.17, 15) is 4.39 Å². The normalized spacial score (nSPS) is 11.0. The average Bonchev–Trinajstić information content (AvgIpc) is 3.41. The van der Waals surface area contributed by atoms with E-state index in [4.69, 9.17) is 9.84 Å². The number of methoxy groups -OCH3 is 1. The molecule has 2 aromatic carbocycles. The number of hydrogen-bond acceptors (Lipinski definition) is 4. The van der Waals surface area contributed by atoms with E-state index in [1.807, 2.05) is 58.2 Å². The molecule has 4 rings (SSSR count). The Labute approximate surface area is 168 Å². The van der Waals surface area contributed by atoms with Crippen molar-refractivity contribution in [1.29, 1.82) is 0 Å². The number of benzene rings is 2. The van der Waals surface area contributed by atoms with Crippen LogP contribution in [0.4, 0.5) is 4.39 Å². The Balaban J connectivity index is 1.57. The summed E-state index contributed by atoms with van der Waals surface area (Å²) in [6.45, 7) is 2.15.